The van der Waals surface area contributed by atoms with E-state index in [2.05, 4.69) is 10.4 Å². The van der Waals surface area contributed by atoms with Crippen LogP contribution >= 0.6 is 0 Å². The van der Waals surface area contributed by atoms with E-state index in [0.717, 1.165) is 13.1 Å². The molecule has 0 amide bonds. The first-order chi connectivity index (χ1) is 5.79. The Balaban J connectivity index is 2.23. The van der Waals surface area contributed by atoms with Crippen molar-refractivity contribution in [2.45, 2.75) is 6.04 Å². The van der Waals surface area contributed by atoms with E-state index in [-0.39, 0.29) is 6.04 Å². The van der Waals surface area contributed by atoms with Gasteiger partial charge in [-0.15, -0.1) is 0 Å². The molecule has 0 atom stereocenters. The Morgan fingerprint density at radius 3 is 2.83 bits per heavy atom. The first-order valence-corrected chi connectivity index (χ1v) is 3.89. The lowest BCUT2D eigenvalue weighted by Gasteiger charge is -2.28. The maximum Gasteiger partial charge on any atom is 0.507 e. The Labute approximate surface area is 70.2 Å². The fraction of sp³-hybridized carbons (Fsp3) is 0.500. The van der Waals surface area contributed by atoms with E-state index >= 15 is 0 Å². The molecule has 5 nitrogen and oxygen atoms in total. The Kier molecular flexibility index (Phi) is 1.88. The van der Waals surface area contributed by atoms with Crippen molar-refractivity contribution in [1.82, 2.24) is 15.1 Å². The summed E-state index contributed by atoms with van der Waals surface area (Å²) in [7, 11) is -1.42. The molecule has 3 N–H and O–H groups in total. The van der Waals surface area contributed by atoms with Crippen LogP contribution in [-0.2, 0) is 0 Å². The predicted octanol–water partition coefficient (Wildman–Crippen LogP) is -2.29. The van der Waals surface area contributed by atoms with E-state index in [1.54, 1.807) is 16.9 Å². The van der Waals surface area contributed by atoms with Crippen LogP contribution in [0.4, 0.5) is 0 Å². The molecule has 1 aromatic rings. The van der Waals surface area contributed by atoms with Crippen LogP contribution in [0.1, 0.15) is 6.04 Å². The molecule has 0 spiro atoms. The van der Waals surface area contributed by atoms with Crippen molar-refractivity contribution in [3.05, 3.63) is 12.3 Å². The number of rotatable bonds is 2. The summed E-state index contributed by atoms with van der Waals surface area (Å²) in [6, 6.07) is 1.89. The van der Waals surface area contributed by atoms with Crippen molar-refractivity contribution >= 4 is 12.7 Å². The summed E-state index contributed by atoms with van der Waals surface area (Å²) < 4.78 is 1.65. The van der Waals surface area contributed by atoms with E-state index in [1.165, 1.54) is 0 Å². The maximum atomic E-state index is 8.94. The summed E-state index contributed by atoms with van der Waals surface area (Å²) in [5.74, 6) is 0. The summed E-state index contributed by atoms with van der Waals surface area (Å²) in [4.78, 5) is 0. The van der Waals surface area contributed by atoms with Crippen LogP contribution in [0.3, 0.4) is 0 Å². The van der Waals surface area contributed by atoms with Gasteiger partial charge in [0.25, 0.3) is 0 Å². The topological polar surface area (TPSA) is 70.3 Å². The highest BCUT2D eigenvalue weighted by atomic mass is 16.4. The van der Waals surface area contributed by atoms with Crippen molar-refractivity contribution in [1.29, 1.82) is 0 Å². The van der Waals surface area contributed by atoms with Gasteiger partial charge in [0.05, 0.1) is 11.6 Å². The monoisotopic (exact) mass is 167 g/mol. The lowest BCUT2D eigenvalue weighted by atomic mass is 9.85. The Morgan fingerprint density at radius 1 is 1.58 bits per heavy atom. The third-order valence-electron chi connectivity index (χ3n) is 2.07. The van der Waals surface area contributed by atoms with Gasteiger partial charge in [-0.2, -0.15) is 5.10 Å². The average molecular weight is 167 g/mol. The van der Waals surface area contributed by atoms with Crippen molar-refractivity contribution < 1.29 is 10.0 Å². The summed E-state index contributed by atoms with van der Waals surface area (Å²) in [6.45, 7) is 1.70. The van der Waals surface area contributed by atoms with E-state index in [4.69, 9.17) is 10.0 Å². The molecule has 0 aromatic carbocycles. The zero-order chi connectivity index (χ0) is 8.55. The third-order valence-corrected chi connectivity index (χ3v) is 2.07. The van der Waals surface area contributed by atoms with Gasteiger partial charge in [0.2, 0.25) is 0 Å². The molecule has 64 valence electrons. The van der Waals surface area contributed by atoms with E-state index in [1.807, 2.05) is 0 Å². The lowest BCUT2D eigenvalue weighted by molar-refractivity contribution is 0.318. The second-order valence-electron chi connectivity index (χ2n) is 2.89. The van der Waals surface area contributed by atoms with Crippen molar-refractivity contribution in [3.63, 3.8) is 0 Å². The smallest absolute Gasteiger partial charge is 0.422 e. The molecule has 1 saturated heterocycles. The Morgan fingerprint density at radius 2 is 2.33 bits per heavy atom. The molecule has 2 rings (SSSR count). The van der Waals surface area contributed by atoms with Gasteiger partial charge in [0, 0.05) is 19.3 Å². The van der Waals surface area contributed by atoms with Crippen LogP contribution in [0.15, 0.2) is 12.3 Å². The summed E-state index contributed by atoms with van der Waals surface area (Å²) in [5, 5.41) is 25.0. The molecule has 2 heterocycles. The molecule has 0 radical (unpaired) electrons. The minimum absolute atomic E-state index is 0.275. The number of nitrogens with one attached hydrogen (secondary N) is 1. The first-order valence-electron chi connectivity index (χ1n) is 3.89. The molecular weight excluding hydrogens is 157 g/mol. The van der Waals surface area contributed by atoms with Gasteiger partial charge in [0.1, 0.15) is 0 Å². The van der Waals surface area contributed by atoms with Crippen LogP contribution in [-0.4, -0.2) is 40.0 Å². The van der Waals surface area contributed by atoms with Crippen LogP contribution < -0.4 is 10.9 Å². The van der Waals surface area contributed by atoms with Gasteiger partial charge in [-0.25, -0.2) is 0 Å². The maximum absolute atomic E-state index is 8.94. The molecule has 12 heavy (non-hydrogen) atoms. The first kappa shape index (κ1) is 7.79. The number of nitrogens with zero attached hydrogens (tertiary/aromatic N) is 2. The van der Waals surface area contributed by atoms with E-state index in [0.29, 0.717) is 5.59 Å². The molecule has 1 aromatic heterocycles. The summed E-state index contributed by atoms with van der Waals surface area (Å²) in [5.41, 5.74) is 0.460. The van der Waals surface area contributed by atoms with E-state index < -0.39 is 7.12 Å². The number of hydrogen-bond acceptors (Lipinski definition) is 4. The van der Waals surface area contributed by atoms with Crippen LogP contribution in [0.2, 0.25) is 0 Å². The number of hydrogen-bond donors (Lipinski definition) is 3. The minimum atomic E-state index is -1.42. The molecule has 1 fully saturated rings. The highest BCUT2D eigenvalue weighted by Crippen LogP contribution is 2.07. The molecule has 6 heteroatoms. The highest BCUT2D eigenvalue weighted by molar-refractivity contribution is 6.57. The zero-order valence-electron chi connectivity index (χ0n) is 6.51. The second-order valence-corrected chi connectivity index (χ2v) is 2.89. The van der Waals surface area contributed by atoms with E-state index in [9.17, 15) is 0 Å². The Bertz CT molecular complexity index is 272. The molecule has 1 aliphatic rings. The van der Waals surface area contributed by atoms with Crippen molar-refractivity contribution in [3.8, 4) is 0 Å². The molecule has 0 saturated carbocycles. The SMILES string of the molecule is OB(O)c1ccnn1C1CNC1. The fourth-order valence-corrected chi connectivity index (χ4v) is 1.28. The fourth-order valence-electron chi connectivity index (χ4n) is 1.28. The third kappa shape index (κ3) is 1.14. The average Bonchev–Trinajstić information content (AvgIpc) is 2.31. The van der Waals surface area contributed by atoms with Gasteiger partial charge >= 0.3 is 7.12 Å². The molecule has 0 aliphatic carbocycles. The molecule has 1 aliphatic heterocycles. The van der Waals surface area contributed by atoms with Crippen LogP contribution in [0, 0.1) is 0 Å². The molecule has 0 bridgehead atoms. The predicted molar refractivity (Wildman–Crippen MR) is 44.0 cm³/mol. The highest BCUT2D eigenvalue weighted by Gasteiger charge is 2.25. The normalized spacial score (nSPS) is 17.5. The van der Waals surface area contributed by atoms with Crippen LogP contribution in [0.25, 0.3) is 0 Å². The van der Waals surface area contributed by atoms with Crippen molar-refractivity contribution in [2.24, 2.45) is 0 Å². The van der Waals surface area contributed by atoms with Gasteiger partial charge in [-0.1, -0.05) is 0 Å². The molecular formula is C6H10BN3O2. The second kappa shape index (κ2) is 2.89. The summed E-state index contributed by atoms with van der Waals surface area (Å²) in [6.07, 6.45) is 1.58. The van der Waals surface area contributed by atoms with Crippen LogP contribution in [0.5, 0.6) is 0 Å². The largest absolute Gasteiger partial charge is 0.507 e. The van der Waals surface area contributed by atoms with Gasteiger partial charge < -0.3 is 15.4 Å². The van der Waals surface area contributed by atoms with Gasteiger partial charge in [0.15, 0.2) is 0 Å². The van der Waals surface area contributed by atoms with Crippen molar-refractivity contribution in [2.75, 3.05) is 13.1 Å². The quantitative estimate of drug-likeness (QED) is 0.433. The minimum Gasteiger partial charge on any atom is -0.422 e. The number of aromatic nitrogens is 2. The lowest BCUT2D eigenvalue weighted by Crippen LogP contribution is -2.49. The molecule has 0 unspecified atom stereocenters. The Hall–Kier alpha value is -0.845. The van der Waals surface area contributed by atoms with Gasteiger partial charge in [-0.05, 0) is 6.07 Å². The van der Waals surface area contributed by atoms with Gasteiger partial charge in [-0.3, -0.25) is 4.68 Å². The summed E-state index contributed by atoms with van der Waals surface area (Å²) >= 11 is 0. The zero-order valence-corrected chi connectivity index (χ0v) is 6.51. The standard InChI is InChI=1S/C6H10BN3O2/c11-7(12)6-1-2-9-10(6)5-3-8-4-5/h1-2,5,8,11-12H,3-4H2.